The monoisotopic (exact) mass is 350 g/mol. The number of rotatable bonds is 8. The Hall–Kier alpha value is -2.77. The Balaban J connectivity index is 1.56. The zero-order valence-corrected chi connectivity index (χ0v) is 14.6. The molecule has 26 heavy (non-hydrogen) atoms. The van der Waals surface area contributed by atoms with Crippen LogP contribution in [0.5, 0.6) is 11.5 Å². The van der Waals surface area contributed by atoms with Gasteiger partial charge in [0.15, 0.2) is 5.78 Å². The van der Waals surface area contributed by atoms with Crippen molar-refractivity contribution in [1.82, 2.24) is 0 Å². The summed E-state index contributed by atoms with van der Waals surface area (Å²) in [6, 6.07) is 14.3. The van der Waals surface area contributed by atoms with Crippen LogP contribution in [0.2, 0.25) is 0 Å². The molecule has 0 amide bonds. The summed E-state index contributed by atoms with van der Waals surface area (Å²) in [5.74, 6) is 3.93. The van der Waals surface area contributed by atoms with Gasteiger partial charge in [-0.05, 0) is 61.4 Å². The first-order valence-electron chi connectivity index (χ1n) is 8.82. The lowest BCUT2D eigenvalue weighted by molar-refractivity contribution is 0.0679. The highest BCUT2D eigenvalue weighted by Gasteiger charge is 2.16. The molecule has 1 unspecified atom stereocenters. The molecule has 2 aromatic carbocycles. The van der Waals surface area contributed by atoms with Crippen molar-refractivity contribution in [3.05, 3.63) is 59.7 Å². The highest BCUT2D eigenvalue weighted by Crippen LogP contribution is 2.19. The molecule has 1 atom stereocenters. The molecule has 0 spiro atoms. The standard InChI is InChI=1S/C22H22O4/c1-2-3-14-24-19-10-6-17(7-11-19)22(23)18-8-12-20(13-9-18)26-16-21-5-4-15-25-21/h1,6-13,21H,3-5,14-16H2. The van der Waals surface area contributed by atoms with Crippen LogP contribution in [-0.2, 0) is 4.74 Å². The fourth-order valence-corrected chi connectivity index (χ4v) is 2.76. The average molecular weight is 350 g/mol. The zero-order chi connectivity index (χ0) is 18.2. The highest BCUT2D eigenvalue weighted by atomic mass is 16.5. The fraction of sp³-hybridized carbons (Fsp3) is 0.318. The topological polar surface area (TPSA) is 44.8 Å². The number of hydrogen-bond donors (Lipinski definition) is 0. The van der Waals surface area contributed by atoms with Crippen LogP contribution in [0.3, 0.4) is 0 Å². The first kappa shape index (κ1) is 18.0. The van der Waals surface area contributed by atoms with Gasteiger partial charge in [0.1, 0.15) is 18.1 Å². The molecular weight excluding hydrogens is 328 g/mol. The van der Waals surface area contributed by atoms with Gasteiger partial charge in [-0.25, -0.2) is 0 Å². The van der Waals surface area contributed by atoms with E-state index < -0.39 is 0 Å². The molecule has 1 fully saturated rings. The van der Waals surface area contributed by atoms with Crippen molar-refractivity contribution < 1.29 is 19.0 Å². The van der Waals surface area contributed by atoms with E-state index in [4.69, 9.17) is 20.6 Å². The maximum absolute atomic E-state index is 12.6. The van der Waals surface area contributed by atoms with E-state index in [2.05, 4.69) is 5.92 Å². The van der Waals surface area contributed by atoms with E-state index in [-0.39, 0.29) is 11.9 Å². The number of hydrogen-bond acceptors (Lipinski definition) is 4. The molecule has 134 valence electrons. The molecule has 0 N–H and O–H groups in total. The predicted octanol–water partition coefficient (Wildman–Crippen LogP) is 3.88. The molecule has 1 aliphatic rings. The minimum atomic E-state index is -0.0362. The maximum atomic E-state index is 12.6. The van der Waals surface area contributed by atoms with Crippen LogP contribution in [0.1, 0.15) is 35.2 Å². The molecular formula is C22H22O4. The molecule has 4 heteroatoms. The average Bonchev–Trinajstić information content (AvgIpc) is 3.21. The van der Waals surface area contributed by atoms with Crippen LogP contribution in [0.15, 0.2) is 48.5 Å². The Morgan fingerprint density at radius 3 is 2.19 bits per heavy atom. The van der Waals surface area contributed by atoms with Crippen molar-refractivity contribution in [2.24, 2.45) is 0 Å². The minimum absolute atomic E-state index is 0.0362. The summed E-state index contributed by atoms with van der Waals surface area (Å²) in [5, 5.41) is 0. The van der Waals surface area contributed by atoms with Gasteiger partial charge >= 0.3 is 0 Å². The molecule has 1 aliphatic heterocycles. The lowest BCUT2D eigenvalue weighted by Crippen LogP contribution is -2.16. The second-order valence-electron chi connectivity index (χ2n) is 6.13. The second-order valence-corrected chi connectivity index (χ2v) is 6.13. The molecule has 1 heterocycles. The van der Waals surface area contributed by atoms with Crippen molar-refractivity contribution in [3.63, 3.8) is 0 Å². The Kier molecular flexibility index (Phi) is 6.29. The summed E-state index contributed by atoms with van der Waals surface area (Å²) in [5.41, 5.74) is 1.23. The number of carbonyl (C=O) groups excluding carboxylic acids is 1. The predicted molar refractivity (Wildman–Crippen MR) is 99.7 cm³/mol. The number of ether oxygens (including phenoxy) is 3. The van der Waals surface area contributed by atoms with Gasteiger partial charge in [-0.3, -0.25) is 4.79 Å². The molecule has 4 nitrogen and oxygen atoms in total. The largest absolute Gasteiger partial charge is 0.493 e. The second kappa shape index (κ2) is 9.07. The lowest BCUT2D eigenvalue weighted by atomic mass is 10.0. The minimum Gasteiger partial charge on any atom is -0.493 e. The van der Waals surface area contributed by atoms with Gasteiger partial charge in [-0.1, -0.05) is 0 Å². The third-order valence-corrected chi connectivity index (χ3v) is 4.21. The van der Waals surface area contributed by atoms with Crippen LogP contribution in [0.4, 0.5) is 0 Å². The maximum Gasteiger partial charge on any atom is 0.193 e. The summed E-state index contributed by atoms with van der Waals surface area (Å²) in [6.45, 7) is 1.83. The van der Waals surface area contributed by atoms with Gasteiger partial charge in [0.2, 0.25) is 0 Å². The fourth-order valence-electron chi connectivity index (χ4n) is 2.76. The number of carbonyl (C=O) groups is 1. The molecule has 0 radical (unpaired) electrons. The van der Waals surface area contributed by atoms with Gasteiger partial charge in [-0.2, -0.15) is 0 Å². The van der Waals surface area contributed by atoms with Crippen molar-refractivity contribution in [1.29, 1.82) is 0 Å². The number of benzene rings is 2. The van der Waals surface area contributed by atoms with Crippen LogP contribution in [0.25, 0.3) is 0 Å². The SMILES string of the molecule is C#CCCOc1ccc(C(=O)c2ccc(OCC3CCCO3)cc2)cc1. The lowest BCUT2D eigenvalue weighted by Gasteiger charge is -2.11. The Morgan fingerprint density at radius 1 is 1.04 bits per heavy atom. The van der Waals surface area contributed by atoms with Gasteiger partial charge in [0, 0.05) is 24.2 Å². The zero-order valence-electron chi connectivity index (χ0n) is 14.6. The van der Waals surface area contributed by atoms with Crippen molar-refractivity contribution in [3.8, 4) is 23.8 Å². The summed E-state index contributed by atoms with van der Waals surface area (Å²) in [4.78, 5) is 12.6. The third kappa shape index (κ3) is 4.87. The van der Waals surface area contributed by atoms with Crippen LogP contribution in [0, 0.1) is 12.3 Å². The summed E-state index contributed by atoms with van der Waals surface area (Å²) in [7, 11) is 0. The first-order valence-corrected chi connectivity index (χ1v) is 8.82. The summed E-state index contributed by atoms with van der Waals surface area (Å²) < 4.78 is 16.8. The molecule has 3 rings (SSSR count). The first-order chi connectivity index (χ1) is 12.8. The Morgan fingerprint density at radius 2 is 1.65 bits per heavy atom. The van der Waals surface area contributed by atoms with E-state index in [1.54, 1.807) is 36.4 Å². The highest BCUT2D eigenvalue weighted by molar-refractivity contribution is 6.09. The molecule has 0 aliphatic carbocycles. The van der Waals surface area contributed by atoms with Gasteiger partial charge < -0.3 is 14.2 Å². The van der Waals surface area contributed by atoms with Gasteiger partial charge in [0.05, 0.1) is 12.7 Å². The van der Waals surface area contributed by atoms with Gasteiger partial charge in [-0.15, -0.1) is 12.3 Å². The third-order valence-electron chi connectivity index (χ3n) is 4.21. The van der Waals surface area contributed by atoms with Crippen molar-refractivity contribution >= 4 is 5.78 Å². The summed E-state index contributed by atoms with van der Waals surface area (Å²) in [6.07, 6.45) is 8.06. The smallest absolute Gasteiger partial charge is 0.193 e. The van der Waals surface area contributed by atoms with Crippen molar-refractivity contribution in [2.75, 3.05) is 19.8 Å². The van der Waals surface area contributed by atoms with E-state index in [0.717, 1.165) is 25.2 Å². The summed E-state index contributed by atoms with van der Waals surface area (Å²) >= 11 is 0. The molecule has 0 saturated carbocycles. The van der Waals surface area contributed by atoms with Crippen molar-refractivity contribution in [2.45, 2.75) is 25.4 Å². The number of ketones is 1. The quantitative estimate of drug-likeness (QED) is 0.412. The van der Waals surface area contributed by atoms with E-state index >= 15 is 0 Å². The molecule has 1 saturated heterocycles. The number of terminal acetylenes is 1. The molecule has 2 aromatic rings. The van der Waals surface area contributed by atoms with Gasteiger partial charge in [0.25, 0.3) is 0 Å². The van der Waals surface area contributed by atoms with Crippen LogP contribution in [-0.4, -0.2) is 31.7 Å². The normalized spacial score (nSPS) is 16.0. The van der Waals surface area contributed by atoms with Crippen LogP contribution >= 0.6 is 0 Å². The van der Waals surface area contributed by atoms with E-state index in [9.17, 15) is 4.79 Å². The van der Waals surface area contributed by atoms with E-state index in [1.807, 2.05) is 12.1 Å². The van der Waals surface area contributed by atoms with E-state index in [0.29, 0.717) is 36.5 Å². The van der Waals surface area contributed by atoms with Crippen LogP contribution < -0.4 is 9.47 Å². The molecule has 0 bridgehead atoms. The Bertz CT molecular complexity index is 750. The molecule has 0 aromatic heterocycles. The Labute approximate surface area is 154 Å². The van der Waals surface area contributed by atoms with E-state index in [1.165, 1.54) is 0 Å².